The molecule has 4 aromatic rings. The summed E-state index contributed by atoms with van der Waals surface area (Å²) < 4.78 is 0. The Labute approximate surface area is 146 Å². The second kappa shape index (κ2) is 7.06. The number of hydrogen-bond acceptors (Lipinski definition) is 4. The Bertz CT molecular complexity index is 943. The van der Waals surface area contributed by atoms with Gasteiger partial charge in [-0.25, -0.2) is 9.97 Å². The molecule has 24 heavy (non-hydrogen) atoms. The van der Waals surface area contributed by atoms with Crippen LogP contribution in [0.4, 0.5) is 11.5 Å². The predicted molar refractivity (Wildman–Crippen MR) is 99.7 cm³/mol. The summed E-state index contributed by atoms with van der Waals surface area (Å²) >= 11 is 0. The highest BCUT2D eigenvalue weighted by Crippen LogP contribution is 2.26. The molecule has 2 aromatic heterocycles. The van der Waals surface area contributed by atoms with E-state index in [4.69, 9.17) is 4.98 Å². The maximum atomic E-state index is 4.72. The molecule has 0 aliphatic carbocycles. The Balaban J connectivity index is 0.00000169. The van der Waals surface area contributed by atoms with Gasteiger partial charge in [0.05, 0.1) is 17.4 Å². The van der Waals surface area contributed by atoms with Crippen LogP contribution in [0, 0.1) is 0 Å². The van der Waals surface area contributed by atoms with E-state index in [0.29, 0.717) is 5.82 Å². The van der Waals surface area contributed by atoms with Crippen LogP contribution in [0.15, 0.2) is 79.1 Å². The Hall–Kier alpha value is -2.98. The highest BCUT2D eigenvalue weighted by atomic mass is 35.5. The van der Waals surface area contributed by atoms with Gasteiger partial charge in [0.2, 0.25) is 0 Å². The number of hydrogen-bond donors (Lipinski definition) is 1. The van der Waals surface area contributed by atoms with Crippen LogP contribution in [0.5, 0.6) is 0 Å². The molecule has 0 aliphatic rings. The molecule has 2 heterocycles. The van der Waals surface area contributed by atoms with E-state index in [1.165, 1.54) is 0 Å². The first kappa shape index (κ1) is 15.9. The van der Waals surface area contributed by atoms with Crippen LogP contribution in [-0.2, 0) is 0 Å². The van der Waals surface area contributed by atoms with Gasteiger partial charge in [-0.05, 0) is 24.3 Å². The fourth-order valence-electron chi connectivity index (χ4n) is 2.46. The Morgan fingerprint density at radius 1 is 0.750 bits per heavy atom. The number of halogens is 1. The minimum Gasteiger partial charge on any atom is -0.338 e. The fourth-order valence-corrected chi connectivity index (χ4v) is 2.46. The molecular formula is C19H15ClN4. The number of benzene rings is 2. The topological polar surface area (TPSA) is 50.7 Å². The molecular weight excluding hydrogens is 320 g/mol. The first-order chi connectivity index (χ1) is 11.4. The molecule has 5 heteroatoms. The number of anilines is 2. The first-order valence-corrected chi connectivity index (χ1v) is 7.39. The number of rotatable bonds is 3. The second-order valence-electron chi connectivity index (χ2n) is 5.15. The van der Waals surface area contributed by atoms with Gasteiger partial charge in [-0.3, -0.25) is 4.98 Å². The van der Waals surface area contributed by atoms with Gasteiger partial charge in [0.25, 0.3) is 0 Å². The maximum Gasteiger partial charge on any atom is 0.162 e. The molecule has 0 amide bonds. The lowest BCUT2D eigenvalue weighted by Gasteiger charge is -2.10. The van der Waals surface area contributed by atoms with Crippen LogP contribution in [0.3, 0.4) is 0 Å². The first-order valence-electron chi connectivity index (χ1n) is 7.39. The summed E-state index contributed by atoms with van der Waals surface area (Å²) in [6.45, 7) is 0. The van der Waals surface area contributed by atoms with Crippen molar-refractivity contribution in [3.8, 4) is 11.4 Å². The third kappa shape index (κ3) is 3.19. The standard InChI is InChI=1S/C19H14N4.ClH/c1-2-7-14(8-3-1)18-22-17-11-5-4-10-16(17)19(23-18)21-15-9-6-12-20-13-15;/h1-13H,(H,21,22,23);1H. The molecule has 4 rings (SSSR count). The second-order valence-corrected chi connectivity index (χ2v) is 5.15. The monoisotopic (exact) mass is 334 g/mol. The molecule has 0 radical (unpaired) electrons. The fraction of sp³-hybridized carbons (Fsp3) is 0. The Morgan fingerprint density at radius 3 is 2.33 bits per heavy atom. The highest BCUT2D eigenvalue weighted by molar-refractivity contribution is 5.92. The van der Waals surface area contributed by atoms with Gasteiger partial charge in [-0.2, -0.15) is 0 Å². The number of para-hydroxylation sites is 1. The lowest BCUT2D eigenvalue weighted by Crippen LogP contribution is -1.99. The molecule has 2 aromatic carbocycles. The largest absolute Gasteiger partial charge is 0.338 e. The molecule has 0 unspecified atom stereocenters. The van der Waals surface area contributed by atoms with Gasteiger partial charge in [-0.15, -0.1) is 12.4 Å². The summed E-state index contributed by atoms with van der Waals surface area (Å²) in [5.41, 5.74) is 2.80. The molecule has 0 aliphatic heterocycles. The molecule has 0 spiro atoms. The molecule has 1 N–H and O–H groups in total. The number of fused-ring (bicyclic) bond motifs is 1. The molecule has 4 nitrogen and oxygen atoms in total. The van der Waals surface area contributed by atoms with Crippen molar-refractivity contribution < 1.29 is 0 Å². The summed E-state index contributed by atoms with van der Waals surface area (Å²) in [7, 11) is 0. The number of nitrogens with one attached hydrogen (secondary N) is 1. The van der Waals surface area contributed by atoms with Gasteiger partial charge >= 0.3 is 0 Å². The lowest BCUT2D eigenvalue weighted by molar-refractivity contribution is 1.22. The molecule has 0 saturated heterocycles. The SMILES string of the molecule is Cl.c1ccc(-c2nc(Nc3cccnc3)c3ccccc3n2)cc1. The van der Waals surface area contributed by atoms with Crippen molar-refractivity contribution in [2.75, 3.05) is 5.32 Å². The van der Waals surface area contributed by atoms with Crippen molar-refractivity contribution in [2.45, 2.75) is 0 Å². The summed E-state index contributed by atoms with van der Waals surface area (Å²) in [5, 5.41) is 4.33. The average Bonchev–Trinajstić information content (AvgIpc) is 2.63. The molecule has 0 bridgehead atoms. The number of aromatic nitrogens is 3. The van der Waals surface area contributed by atoms with Crippen LogP contribution >= 0.6 is 12.4 Å². The smallest absolute Gasteiger partial charge is 0.162 e. The van der Waals surface area contributed by atoms with E-state index in [-0.39, 0.29) is 12.4 Å². The minimum absolute atomic E-state index is 0. The van der Waals surface area contributed by atoms with Crippen LogP contribution in [-0.4, -0.2) is 15.0 Å². The van der Waals surface area contributed by atoms with Crippen LogP contribution < -0.4 is 5.32 Å². The van der Waals surface area contributed by atoms with Crippen LogP contribution in [0.25, 0.3) is 22.3 Å². The number of pyridine rings is 1. The zero-order chi connectivity index (χ0) is 15.5. The maximum absolute atomic E-state index is 4.72. The van der Waals surface area contributed by atoms with E-state index in [2.05, 4.69) is 15.3 Å². The zero-order valence-corrected chi connectivity index (χ0v) is 13.6. The van der Waals surface area contributed by atoms with E-state index < -0.39 is 0 Å². The van der Waals surface area contributed by atoms with Crippen LogP contribution in [0.1, 0.15) is 0 Å². The summed E-state index contributed by atoms with van der Waals surface area (Å²) in [4.78, 5) is 13.5. The third-order valence-electron chi connectivity index (χ3n) is 3.56. The Morgan fingerprint density at radius 2 is 1.54 bits per heavy atom. The van der Waals surface area contributed by atoms with Gasteiger partial charge < -0.3 is 5.32 Å². The highest BCUT2D eigenvalue weighted by Gasteiger charge is 2.09. The van der Waals surface area contributed by atoms with Crippen molar-refractivity contribution in [2.24, 2.45) is 0 Å². The Kier molecular flexibility index (Phi) is 4.68. The van der Waals surface area contributed by atoms with E-state index in [0.717, 1.165) is 28.0 Å². The van der Waals surface area contributed by atoms with Crippen molar-refractivity contribution in [1.29, 1.82) is 0 Å². The summed E-state index contributed by atoms with van der Waals surface area (Å²) in [6, 6.07) is 21.8. The average molecular weight is 335 g/mol. The van der Waals surface area contributed by atoms with Gasteiger partial charge in [0, 0.05) is 17.1 Å². The molecule has 0 fully saturated rings. The van der Waals surface area contributed by atoms with Crippen molar-refractivity contribution in [3.63, 3.8) is 0 Å². The molecule has 0 saturated carbocycles. The van der Waals surface area contributed by atoms with Gasteiger partial charge in [-0.1, -0.05) is 42.5 Å². The lowest BCUT2D eigenvalue weighted by atomic mass is 10.2. The van der Waals surface area contributed by atoms with E-state index in [1.54, 1.807) is 12.4 Å². The van der Waals surface area contributed by atoms with Crippen molar-refractivity contribution in [1.82, 2.24) is 15.0 Å². The third-order valence-corrected chi connectivity index (χ3v) is 3.56. The number of nitrogens with zero attached hydrogens (tertiary/aromatic N) is 3. The normalized spacial score (nSPS) is 10.2. The minimum atomic E-state index is 0. The predicted octanol–water partition coefficient (Wildman–Crippen LogP) is 4.86. The van der Waals surface area contributed by atoms with Gasteiger partial charge in [0.1, 0.15) is 5.82 Å². The quantitative estimate of drug-likeness (QED) is 0.581. The van der Waals surface area contributed by atoms with Crippen molar-refractivity contribution in [3.05, 3.63) is 79.1 Å². The molecule has 0 atom stereocenters. The van der Waals surface area contributed by atoms with Gasteiger partial charge in [0.15, 0.2) is 5.82 Å². The molecule has 118 valence electrons. The van der Waals surface area contributed by atoms with E-state index >= 15 is 0 Å². The zero-order valence-electron chi connectivity index (χ0n) is 12.8. The van der Waals surface area contributed by atoms with E-state index in [1.807, 2.05) is 66.7 Å². The van der Waals surface area contributed by atoms with Crippen molar-refractivity contribution >= 4 is 34.8 Å². The van der Waals surface area contributed by atoms with E-state index in [9.17, 15) is 0 Å². The van der Waals surface area contributed by atoms with Crippen LogP contribution in [0.2, 0.25) is 0 Å². The summed E-state index contributed by atoms with van der Waals surface area (Å²) in [5.74, 6) is 1.48. The summed E-state index contributed by atoms with van der Waals surface area (Å²) in [6.07, 6.45) is 3.53.